The van der Waals surface area contributed by atoms with Crippen LogP contribution in [0.15, 0.2) is 34.9 Å². The second-order valence-corrected chi connectivity index (χ2v) is 6.24. The second kappa shape index (κ2) is 6.19. The SMILES string of the molecule is CCCc1ccc(-c2cc(COS(C)(=O)=O)no2)cc1. The standard InChI is InChI=1S/C14H17NO4S/c1-3-4-11-5-7-12(8-6-11)14-9-13(15-19-14)10-18-20(2,16)17/h5-9H,3-4,10H2,1-2H3. The Balaban J connectivity index is 2.08. The van der Waals surface area contributed by atoms with Gasteiger partial charge in [0, 0.05) is 11.6 Å². The van der Waals surface area contributed by atoms with Crippen LogP contribution >= 0.6 is 0 Å². The molecular weight excluding hydrogens is 278 g/mol. The molecule has 108 valence electrons. The van der Waals surface area contributed by atoms with Gasteiger partial charge in [0.1, 0.15) is 12.3 Å². The molecule has 0 saturated heterocycles. The van der Waals surface area contributed by atoms with Gasteiger partial charge < -0.3 is 4.52 Å². The van der Waals surface area contributed by atoms with Crippen molar-refractivity contribution >= 4 is 10.1 Å². The van der Waals surface area contributed by atoms with Crippen molar-refractivity contribution in [3.63, 3.8) is 0 Å². The van der Waals surface area contributed by atoms with E-state index in [1.54, 1.807) is 6.07 Å². The maximum Gasteiger partial charge on any atom is 0.264 e. The Morgan fingerprint density at radius 1 is 1.25 bits per heavy atom. The number of hydrogen-bond donors (Lipinski definition) is 0. The topological polar surface area (TPSA) is 69.4 Å². The van der Waals surface area contributed by atoms with Crippen LogP contribution in [0.4, 0.5) is 0 Å². The van der Waals surface area contributed by atoms with E-state index in [0.717, 1.165) is 24.7 Å². The summed E-state index contributed by atoms with van der Waals surface area (Å²) in [5.74, 6) is 0.597. The average Bonchev–Trinajstić information content (AvgIpc) is 2.86. The quantitative estimate of drug-likeness (QED) is 0.766. The number of aryl methyl sites for hydroxylation is 1. The lowest BCUT2D eigenvalue weighted by atomic mass is 10.1. The van der Waals surface area contributed by atoms with Crippen molar-refractivity contribution in [3.8, 4) is 11.3 Å². The Morgan fingerprint density at radius 2 is 1.95 bits per heavy atom. The molecule has 1 aromatic heterocycles. The van der Waals surface area contributed by atoms with E-state index in [1.807, 2.05) is 24.3 Å². The highest BCUT2D eigenvalue weighted by atomic mass is 32.2. The summed E-state index contributed by atoms with van der Waals surface area (Å²) in [6.45, 7) is 2.02. The average molecular weight is 295 g/mol. The molecule has 0 saturated carbocycles. The predicted octanol–water partition coefficient (Wildman–Crippen LogP) is 2.77. The van der Waals surface area contributed by atoms with E-state index >= 15 is 0 Å². The Bertz CT molecular complexity index is 659. The van der Waals surface area contributed by atoms with Gasteiger partial charge >= 0.3 is 0 Å². The minimum absolute atomic E-state index is 0.115. The van der Waals surface area contributed by atoms with Crippen LogP contribution in [0.2, 0.25) is 0 Å². The van der Waals surface area contributed by atoms with Crippen LogP contribution in [-0.4, -0.2) is 19.8 Å². The van der Waals surface area contributed by atoms with Gasteiger partial charge in [-0.3, -0.25) is 4.18 Å². The Morgan fingerprint density at radius 3 is 2.55 bits per heavy atom. The third-order valence-electron chi connectivity index (χ3n) is 2.76. The van der Waals surface area contributed by atoms with E-state index in [1.165, 1.54) is 5.56 Å². The number of rotatable bonds is 6. The first-order valence-electron chi connectivity index (χ1n) is 6.37. The maximum atomic E-state index is 10.9. The molecule has 2 rings (SSSR count). The van der Waals surface area contributed by atoms with E-state index in [-0.39, 0.29) is 6.61 Å². The van der Waals surface area contributed by atoms with Gasteiger partial charge in [0.25, 0.3) is 10.1 Å². The fourth-order valence-electron chi connectivity index (χ4n) is 1.81. The van der Waals surface area contributed by atoms with Gasteiger partial charge in [-0.25, -0.2) is 0 Å². The lowest BCUT2D eigenvalue weighted by Crippen LogP contribution is -2.02. The normalized spacial score (nSPS) is 11.7. The largest absolute Gasteiger partial charge is 0.356 e. The van der Waals surface area contributed by atoms with E-state index in [9.17, 15) is 8.42 Å². The van der Waals surface area contributed by atoms with Crippen molar-refractivity contribution in [2.75, 3.05) is 6.26 Å². The fraction of sp³-hybridized carbons (Fsp3) is 0.357. The molecular formula is C14H17NO4S. The molecule has 0 aliphatic heterocycles. The van der Waals surface area contributed by atoms with E-state index in [4.69, 9.17) is 4.52 Å². The molecule has 1 heterocycles. The highest BCUT2D eigenvalue weighted by Gasteiger charge is 2.09. The van der Waals surface area contributed by atoms with Crippen LogP contribution in [0.3, 0.4) is 0 Å². The van der Waals surface area contributed by atoms with Gasteiger partial charge in [0.2, 0.25) is 0 Å². The van der Waals surface area contributed by atoms with Crippen LogP contribution in [0.5, 0.6) is 0 Å². The third kappa shape index (κ3) is 4.18. The smallest absolute Gasteiger partial charge is 0.264 e. The molecule has 0 bridgehead atoms. The van der Waals surface area contributed by atoms with Crippen molar-refractivity contribution < 1.29 is 17.1 Å². The molecule has 0 fully saturated rings. The lowest BCUT2D eigenvalue weighted by Gasteiger charge is -1.99. The van der Waals surface area contributed by atoms with E-state index in [2.05, 4.69) is 16.3 Å². The third-order valence-corrected chi connectivity index (χ3v) is 3.30. The van der Waals surface area contributed by atoms with Gasteiger partial charge in [0.15, 0.2) is 5.76 Å². The van der Waals surface area contributed by atoms with Gasteiger partial charge in [-0.05, 0) is 12.0 Å². The molecule has 0 radical (unpaired) electrons. The number of aromatic nitrogens is 1. The number of benzene rings is 1. The lowest BCUT2D eigenvalue weighted by molar-refractivity contribution is 0.296. The summed E-state index contributed by atoms with van der Waals surface area (Å²) in [7, 11) is -3.47. The summed E-state index contributed by atoms with van der Waals surface area (Å²) in [6.07, 6.45) is 3.15. The molecule has 1 aromatic carbocycles. The summed E-state index contributed by atoms with van der Waals surface area (Å²) in [4.78, 5) is 0. The summed E-state index contributed by atoms with van der Waals surface area (Å²) < 4.78 is 31.7. The highest BCUT2D eigenvalue weighted by molar-refractivity contribution is 7.85. The Kier molecular flexibility index (Phi) is 4.57. The van der Waals surface area contributed by atoms with Gasteiger partial charge in [-0.1, -0.05) is 42.8 Å². The van der Waals surface area contributed by atoms with Gasteiger partial charge in [-0.15, -0.1) is 0 Å². The molecule has 0 aliphatic carbocycles. The maximum absolute atomic E-state index is 10.9. The monoisotopic (exact) mass is 295 g/mol. The number of nitrogens with zero attached hydrogens (tertiary/aromatic N) is 1. The molecule has 20 heavy (non-hydrogen) atoms. The first kappa shape index (κ1) is 14.7. The summed E-state index contributed by atoms with van der Waals surface area (Å²) in [5, 5.41) is 3.79. The molecule has 2 aromatic rings. The summed E-state index contributed by atoms with van der Waals surface area (Å²) in [5.41, 5.74) is 2.63. The van der Waals surface area contributed by atoms with Crippen molar-refractivity contribution in [3.05, 3.63) is 41.6 Å². The molecule has 6 heteroatoms. The van der Waals surface area contributed by atoms with Crippen molar-refractivity contribution in [1.82, 2.24) is 5.16 Å². The zero-order valence-electron chi connectivity index (χ0n) is 11.5. The minimum Gasteiger partial charge on any atom is -0.356 e. The van der Waals surface area contributed by atoms with Gasteiger partial charge in [-0.2, -0.15) is 8.42 Å². The van der Waals surface area contributed by atoms with Crippen LogP contribution in [-0.2, 0) is 27.3 Å². The second-order valence-electron chi connectivity index (χ2n) is 4.60. The van der Waals surface area contributed by atoms with Crippen molar-refractivity contribution in [2.24, 2.45) is 0 Å². The Hall–Kier alpha value is -1.66. The summed E-state index contributed by atoms with van der Waals surface area (Å²) >= 11 is 0. The molecule has 0 atom stereocenters. The van der Waals surface area contributed by atoms with Crippen molar-refractivity contribution in [1.29, 1.82) is 0 Å². The van der Waals surface area contributed by atoms with Crippen LogP contribution < -0.4 is 0 Å². The van der Waals surface area contributed by atoms with Gasteiger partial charge in [0.05, 0.1) is 6.26 Å². The molecule has 0 aliphatic rings. The zero-order chi connectivity index (χ0) is 14.6. The fourth-order valence-corrected chi connectivity index (χ4v) is 2.14. The first-order chi connectivity index (χ1) is 9.48. The molecule has 0 N–H and O–H groups in total. The van der Waals surface area contributed by atoms with Crippen molar-refractivity contribution in [2.45, 2.75) is 26.4 Å². The Labute approximate surface area is 118 Å². The minimum atomic E-state index is -3.47. The summed E-state index contributed by atoms with van der Waals surface area (Å²) in [6, 6.07) is 9.71. The van der Waals surface area contributed by atoms with Crippen LogP contribution in [0.25, 0.3) is 11.3 Å². The molecule has 0 unspecified atom stereocenters. The predicted molar refractivity (Wildman–Crippen MR) is 75.6 cm³/mol. The molecule has 0 amide bonds. The van der Waals surface area contributed by atoms with Crippen LogP contribution in [0, 0.1) is 0 Å². The first-order valence-corrected chi connectivity index (χ1v) is 8.19. The zero-order valence-corrected chi connectivity index (χ0v) is 12.3. The van der Waals surface area contributed by atoms with E-state index < -0.39 is 10.1 Å². The van der Waals surface area contributed by atoms with Crippen LogP contribution in [0.1, 0.15) is 24.6 Å². The number of hydrogen-bond acceptors (Lipinski definition) is 5. The molecule has 0 spiro atoms. The molecule has 5 nitrogen and oxygen atoms in total. The highest BCUT2D eigenvalue weighted by Crippen LogP contribution is 2.21. The van der Waals surface area contributed by atoms with E-state index in [0.29, 0.717) is 11.5 Å².